The first-order chi connectivity index (χ1) is 25.0. The number of ether oxygens (including phenoxy) is 8. The first kappa shape index (κ1) is 44.0. The molecule has 316 valence electrons. The van der Waals surface area contributed by atoms with E-state index in [-0.39, 0.29) is 50.8 Å². The molecule has 0 saturated carbocycles. The van der Waals surface area contributed by atoms with E-state index in [2.05, 4.69) is 22.2 Å². The third-order valence-corrected chi connectivity index (χ3v) is 11.7. The molecule has 0 aromatic heterocycles. The molecule has 0 aromatic carbocycles. The summed E-state index contributed by atoms with van der Waals surface area (Å²) in [4.78, 5) is 0. The highest BCUT2D eigenvalue weighted by atomic mass is 32.2. The van der Waals surface area contributed by atoms with Crippen LogP contribution in [-0.4, -0.2) is 187 Å². The molecule has 8 saturated heterocycles. The Morgan fingerprint density at radius 3 is 0.944 bits per heavy atom. The van der Waals surface area contributed by atoms with Crippen molar-refractivity contribution in [3.8, 4) is 0 Å². The van der Waals surface area contributed by atoms with Crippen LogP contribution in [0.4, 0.5) is 26.3 Å². The van der Waals surface area contributed by atoms with Crippen LogP contribution in [0.25, 0.3) is 0 Å². The van der Waals surface area contributed by atoms with E-state index in [1.54, 1.807) is 0 Å². The van der Waals surface area contributed by atoms with E-state index in [0.717, 1.165) is 13.2 Å². The average Bonchev–Trinajstić information content (AvgIpc) is 3.92. The van der Waals surface area contributed by atoms with E-state index in [4.69, 9.17) is 37.9 Å². The number of halogens is 6. The van der Waals surface area contributed by atoms with Crippen LogP contribution in [0.5, 0.6) is 0 Å². The smallest absolute Gasteiger partial charge is 0.388 e. The minimum absolute atomic E-state index is 0.0463. The van der Waals surface area contributed by atoms with Crippen LogP contribution in [0.2, 0.25) is 0 Å². The van der Waals surface area contributed by atoms with Crippen LogP contribution in [0.15, 0.2) is 0 Å². The van der Waals surface area contributed by atoms with Gasteiger partial charge in [-0.3, -0.25) is 8.37 Å². The number of hydrogen-bond donors (Lipinski definition) is 4. The summed E-state index contributed by atoms with van der Waals surface area (Å²) in [6, 6.07) is 0. The second-order valence-electron chi connectivity index (χ2n) is 13.7. The Bertz CT molecular complexity index is 1330. The predicted octanol–water partition coefficient (Wildman–Crippen LogP) is -1.68. The van der Waals surface area contributed by atoms with Crippen LogP contribution in [0, 0.1) is 11.8 Å². The fraction of sp³-hybridized carbons (Fsp3) is 1.00. The molecule has 26 heteroatoms. The van der Waals surface area contributed by atoms with Gasteiger partial charge in [0.25, 0.3) is 0 Å². The number of fused-ring (bicyclic) bond motifs is 4. The summed E-state index contributed by atoms with van der Waals surface area (Å²) in [6.45, 7) is 5.52. The maximum Gasteiger partial charge on any atom is 0.523 e. The van der Waals surface area contributed by atoms with E-state index in [1.807, 2.05) is 0 Å². The zero-order valence-electron chi connectivity index (χ0n) is 28.5. The Balaban J connectivity index is 0.000000142. The van der Waals surface area contributed by atoms with E-state index in [9.17, 15) is 63.6 Å². The van der Waals surface area contributed by atoms with Crippen LogP contribution < -0.4 is 0 Å². The summed E-state index contributed by atoms with van der Waals surface area (Å²) in [7, 11) is -11.4. The average molecular weight is 845 g/mol. The molecule has 0 radical (unpaired) electrons. The highest BCUT2D eigenvalue weighted by molar-refractivity contribution is 7.87. The molecule has 0 amide bonds. The van der Waals surface area contributed by atoms with Gasteiger partial charge in [-0.25, -0.2) is 0 Å². The van der Waals surface area contributed by atoms with Crippen LogP contribution in [0.3, 0.4) is 0 Å². The van der Waals surface area contributed by atoms with Gasteiger partial charge in [0, 0.05) is 11.8 Å². The van der Waals surface area contributed by atoms with Crippen LogP contribution in [-0.2, 0) is 66.5 Å². The molecule has 0 unspecified atom stereocenters. The number of aliphatic hydroxyl groups excluding tert-OH is 4. The zero-order valence-corrected chi connectivity index (χ0v) is 30.1. The van der Waals surface area contributed by atoms with Crippen molar-refractivity contribution in [2.75, 3.05) is 52.9 Å². The molecule has 18 nitrogen and oxygen atoms in total. The Labute approximate surface area is 305 Å². The molecule has 8 aliphatic rings. The number of hydrogen-bond acceptors (Lipinski definition) is 18. The molecular weight excluding hydrogens is 802 g/mol. The van der Waals surface area contributed by atoms with Gasteiger partial charge < -0.3 is 58.3 Å². The maximum atomic E-state index is 12.1. The van der Waals surface area contributed by atoms with Crippen molar-refractivity contribution >= 4 is 20.2 Å². The minimum Gasteiger partial charge on any atom is -0.388 e. The Hall–Kier alpha value is -1.08. The van der Waals surface area contributed by atoms with Gasteiger partial charge in [0.15, 0.2) is 0 Å². The van der Waals surface area contributed by atoms with E-state index in [0.29, 0.717) is 25.0 Å². The molecule has 16 atom stereocenters. The molecule has 0 aliphatic carbocycles. The summed E-state index contributed by atoms with van der Waals surface area (Å²) in [5.74, 6) is 0.893. The van der Waals surface area contributed by atoms with Gasteiger partial charge in [0.05, 0.1) is 65.1 Å². The predicted molar refractivity (Wildman–Crippen MR) is 160 cm³/mol. The number of rotatable bonds is 4. The van der Waals surface area contributed by atoms with Gasteiger partial charge in [-0.05, 0) is 0 Å². The van der Waals surface area contributed by atoms with Crippen molar-refractivity contribution in [2.24, 2.45) is 11.8 Å². The lowest BCUT2D eigenvalue weighted by Gasteiger charge is -2.17. The molecule has 0 aromatic rings. The topological polar surface area (TPSA) is 241 Å². The van der Waals surface area contributed by atoms with Crippen LogP contribution >= 0.6 is 0 Å². The lowest BCUT2D eigenvalue weighted by Crippen LogP contribution is -2.37. The van der Waals surface area contributed by atoms with Gasteiger partial charge in [-0.1, -0.05) is 13.8 Å². The Kier molecular flexibility index (Phi) is 13.9. The van der Waals surface area contributed by atoms with Crippen molar-refractivity contribution in [1.29, 1.82) is 0 Å². The number of alkyl halides is 6. The summed E-state index contributed by atoms with van der Waals surface area (Å²) in [5.41, 5.74) is -11.0. The molecule has 8 aliphatic heterocycles. The summed E-state index contributed by atoms with van der Waals surface area (Å²) >= 11 is 0. The van der Waals surface area contributed by atoms with Gasteiger partial charge in [-0.2, -0.15) is 43.2 Å². The Morgan fingerprint density at radius 1 is 0.426 bits per heavy atom. The van der Waals surface area contributed by atoms with Gasteiger partial charge in [-0.15, -0.1) is 0 Å². The third-order valence-electron chi connectivity index (χ3n) is 9.58. The molecule has 8 fully saturated rings. The van der Waals surface area contributed by atoms with Crippen molar-refractivity contribution in [3.05, 3.63) is 0 Å². The molecule has 54 heavy (non-hydrogen) atoms. The lowest BCUT2D eigenvalue weighted by molar-refractivity contribution is -0.0632. The monoisotopic (exact) mass is 844 g/mol. The molecule has 0 spiro atoms. The highest BCUT2D eigenvalue weighted by Gasteiger charge is 2.56. The molecule has 8 heterocycles. The zero-order chi connectivity index (χ0) is 40.0. The first-order valence-corrected chi connectivity index (χ1v) is 19.5. The van der Waals surface area contributed by atoms with Crippen molar-refractivity contribution in [1.82, 2.24) is 0 Å². The van der Waals surface area contributed by atoms with Crippen molar-refractivity contribution in [3.63, 3.8) is 0 Å². The minimum atomic E-state index is -5.68. The Morgan fingerprint density at radius 2 is 0.667 bits per heavy atom. The van der Waals surface area contributed by atoms with E-state index >= 15 is 0 Å². The van der Waals surface area contributed by atoms with Gasteiger partial charge in [0.2, 0.25) is 0 Å². The third kappa shape index (κ3) is 9.61. The standard InChI is InChI=1S/2C7H9F3O6S.2C7H12O3/c2*8-7(9,10)17(12,13)16-4-2-15-5-3(11)1-14-6(4)5;2*1-4-2-9-7-5(8)3-10-6(4)7/h2*3-6,11H,1-2H2;2*4-8H,2-3H2,1H3/t3-,4+,5-,6-;3-,4-,5+,6+;4-,5+,6-,7-;4-,5-,6-,7-/m1011/s1. The normalized spacial score (nSPS) is 43.9. The lowest BCUT2D eigenvalue weighted by atomic mass is 10.0. The van der Waals surface area contributed by atoms with Gasteiger partial charge in [0.1, 0.15) is 73.2 Å². The molecule has 0 bridgehead atoms. The SMILES string of the molecule is C[C@@H]1CO[C@H]2[C@@H]1OC[C@@H]2O.C[C@@H]1CO[C@H]2[C@@H]1OC[C@H]2O.O=S(=O)(O[C@H]1CO[C@H]2[C@@H]1OC[C@@H]2O)C(F)(F)F.O=S(=O)(O[C@H]1CO[C@H]2[C@@H]1OC[C@H]2O)C(F)(F)F. The van der Waals surface area contributed by atoms with Crippen LogP contribution in [0.1, 0.15) is 13.8 Å². The quantitative estimate of drug-likeness (QED) is 0.140. The molecule has 8 rings (SSSR count). The summed E-state index contributed by atoms with van der Waals surface area (Å²) in [6.07, 6.45) is -9.01. The fourth-order valence-electron chi connectivity index (χ4n) is 6.83. The fourth-order valence-corrected chi connectivity index (χ4v) is 8.03. The molecular formula is C28H42F6O18S2. The second kappa shape index (κ2) is 17.0. The number of aliphatic hydroxyl groups is 4. The summed E-state index contributed by atoms with van der Waals surface area (Å²) in [5, 5.41) is 37.1. The highest BCUT2D eigenvalue weighted by Crippen LogP contribution is 2.35. The van der Waals surface area contributed by atoms with Crippen molar-refractivity contribution < 1.29 is 110 Å². The molecule has 4 N–H and O–H groups in total. The first-order valence-electron chi connectivity index (χ1n) is 16.7. The van der Waals surface area contributed by atoms with E-state index < -0.39 is 92.3 Å². The van der Waals surface area contributed by atoms with Crippen molar-refractivity contribution in [2.45, 2.75) is 110 Å². The largest absolute Gasteiger partial charge is 0.523 e. The van der Waals surface area contributed by atoms with Gasteiger partial charge >= 0.3 is 31.3 Å². The van der Waals surface area contributed by atoms with E-state index in [1.165, 1.54) is 0 Å². The summed E-state index contributed by atoms with van der Waals surface area (Å²) < 4.78 is 164. The second-order valence-corrected chi connectivity index (χ2v) is 16.8. The maximum absolute atomic E-state index is 12.1.